The summed E-state index contributed by atoms with van der Waals surface area (Å²) in [5, 5.41) is 2.73. The number of hydrogen-bond acceptors (Lipinski definition) is 6. The molecule has 1 aromatic heterocycles. The molecule has 3 aliphatic rings. The Kier molecular flexibility index (Phi) is 5.39. The molecule has 0 bridgehead atoms. The summed E-state index contributed by atoms with van der Waals surface area (Å²) in [6, 6.07) is 6.81. The number of ether oxygens (including phenoxy) is 1. The fraction of sp³-hybridized carbons (Fsp3) is 0.500. The molecule has 0 spiro atoms. The van der Waals surface area contributed by atoms with Gasteiger partial charge in [-0.3, -0.25) is 4.79 Å². The second-order valence-corrected chi connectivity index (χ2v) is 10.5. The van der Waals surface area contributed by atoms with E-state index in [0.29, 0.717) is 37.2 Å². The molecular formula is C22H26N4O4S. The monoisotopic (exact) mass is 442 g/mol. The van der Waals surface area contributed by atoms with E-state index >= 15 is 0 Å². The van der Waals surface area contributed by atoms with Crippen molar-refractivity contribution < 1.29 is 17.9 Å². The molecule has 1 saturated carbocycles. The van der Waals surface area contributed by atoms with Crippen molar-refractivity contribution in [2.75, 3.05) is 25.0 Å². The molecular weight excluding hydrogens is 416 g/mol. The SMILES string of the molecule is O=C1Cc2cc(S(=O)(=O)N3CCC(COc4cc(C5CCC5)ncn4)CC3)ccc2N1. The molecule has 31 heavy (non-hydrogen) atoms. The van der Waals surface area contributed by atoms with Crippen LogP contribution in [0.25, 0.3) is 0 Å². The maximum Gasteiger partial charge on any atom is 0.243 e. The van der Waals surface area contributed by atoms with E-state index in [1.165, 1.54) is 23.6 Å². The van der Waals surface area contributed by atoms with Crippen LogP contribution in [-0.2, 0) is 21.2 Å². The van der Waals surface area contributed by atoms with Crippen molar-refractivity contribution in [3.63, 3.8) is 0 Å². The Hall–Kier alpha value is -2.52. The van der Waals surface area contributed by atoms with E-state index in [-0.39, 0.29) is 23.1 Å². The molecule has 2 aromatic rings. The van der Waals surface area contributed by atoms with Gasteiger partial charge in [-0.1, -0.05) is 6.42 Å². The number of sulfonamides is 1. The predicted octanol–water partition coefficient (Wildman–Crippen LogP) is 2.72. The number of hydrogen-bond donors (Lipinski definition) is 1. The number of nitrogens with zero attached hydrogens (tertiary/aromatic N) is 3. The maximum absolute atomic E-state index is 13.1. The maximum atomic E-state index is 13.1. The Morgan fingerprint density at radius 2 is 1.90 bits per heavy atom. The fourth-order valence-electron chi connectivity index (χ4n) is 4.39. The highest BCUT2D eigenvalue weighted by Crippen LogP contribution is 2.36. The minimum absolute atomic E-state index is 0.103. The number of rotatable bonds is 6. The van der Waals surface area contributed by atoms with Gasteiger partial charge in [-0.2, -0.15) is 4.31 Å². The minimum atomic E-state index is -3.57. The zero-order chi connectivity index (χ0) is 21.4. The van der Waals surface area contributed by atoms with E-state index < -0.39 is 10.0 Å². The van der Waals surface area contributed by atoms with Crippen LogP contribution in [0.4, 0.5) is 5.69 Å². The van der Waals surface area contributed by atoms with Gasteiger partial charge < -0.3 is 10.1 Å². The third kappa shape index (κ3) is 4.16. The van der Waals surface area contributed by atoms with Gasteiger partial charge in [-0.25, -0.2) is 18.4 Å². The molecule has 8 nitrogen and oxygen atoms in total. The zero-order valence-electron chi connectivity index (χ0n) is 17.3. The number of piperidine rings is 1. The summed E-state index contributed by atoms with van der Waals surface area (Å²) in [5.74, 6) is 1.32. The fourth-order valence-corrected chi connectivity index (χ4v) is 5.92. The quantitative estimate of drug-likeness (QED) is 0.738. The van der Waals surface area contributed by atoms with Crippen LogP contribution in [0.3, 0.4) is 0 Å². The predicted molar refractivity (Wildman–Crippen MR) is 114 cm³/mol. The number of nitrogens with one attached hydrogen (secondary N) is 1. The molecule has 1 aliphatic carbocycles. The summed E-state index contributed by atoms with van der Waals surface area (Å²) >= 11 is 0. The number of anilines is 1. The summed E-state index contributed by atoms with van der Waals surface area (Å²) in [6.45, 7) is 1.45. The minimum Gasteiger partial charge on any atom is -0.477 e. The molecule has 0 atom stereocenters. The van der Waals surface area contributed by atoms with Gasteiger partial charge in [0.05, 0.1) is 23.6 Å². The van der Waals surface area contributed by atoms with E-state index in [4.69, 9.17) is 4.74 Å². The Morgan fingerprint density at radius 3 is 2.65 bits per heavy atom. The lowest BCUT2D eigenvalue weighted by Crippen LogP contribution is -2.39. The smallest absolute Gasteiger partial charge is 0.243 e. The van der Waals surface area contributed by atoms with Gasteiger partial charge >= 0.3 is 0 Å². The Bertz CT molecular complexity index is 1090. The van der Waals surface area contributed by atoms with Crippen LogP contribution in [0, 0.1) is 5.92 Å². The van der Waals surface area contributed by atoms with Crippen LogP contribution < -0.4 is 10.1 Å². The van der Waals surface area contributed by atoms with Gasteiger partial charge in [-0.05, 0) is 55.4 Å². The lowest BCUT2D eigenvalue weighted by atomic mass is 9.83. The molecule has 1 amide bonds. The topological polar surface area (TPSA) is 101 Å². The molecule has 0 radical (unpaired) electrons. The van der Waals surface area contributed by atoms with Crippen LogP contribution in [0.15, 0.2) is 35.5 Å². The summed E-state index contributed by atoms with van der Waals surface area (Å²) in [5.41, 5.74) is 2.49. The number of carbonyl (C=O) groups excluding carboxylic acids is 1. The summed E-state index contributed by atoms with van der Waals surface area (Å²) < 4.78 is 33.6. The van der Waals surface area contributed by atoms with E-state index in [2.05, 4.69) is 15.3 Å². The second-order valence-electron chi connectivity index (χ2n) is 8.61. The lowest BCUT2D eigenvalue weighted by molar-refractivity contribution is -0.115. The van der Waals surface area contributed by atoms with Gasteiger partial charge in [0.1, 0.15) is 6.33 Å². The Morgan fingerprint density at radius 1 is 1.10 bits per heavy atom. The highest BCUT2D eigenvalue weighted by molar-refractivity contribution is 7.89. The van der Waals surface area contributed by atoms with Crippen LogP contribution in [0.2, 0.25) is 0 Å². The van der Waals surface area contributed by atoms with Crippen molar-refractivity contribution in [3.8, 4) is 5.88 Å². The third-order valence-electron chi connectivity index (χ3n) is 6.57. The van der Waals surface area contributed by atoms with Crippen LogP contribution in [0.1, 0.15) is 49.3 Å². The average Bonchev–Trinajstić information content (AvgIpc) is 3.11. The number of benzene rings is 1. The first-order chi connectivity index (χ1) is 15.0. The summed E-state index contributed by atoms with van der Waals surface area (Å²) in [4.78, 5) is 20.4. The molecule has 1 N–H and O–H groups in total. The molecule has 2 aliphatic heterocycles. The Balaban J connectivity index is 1.17. The molecule has 164 valence electrons. The first-order valence-electron chi connectivity index (χ1n) is 10.9. The van der Waals surface area contributed by atoms with Crippen molar-refractivity contribution in [1.29, 1.82) is 0 Å². The zero-order valence-corrected chi connectivity index (χ0v) is 18.1. The first kappa shape index (κ1) is 20.4. The third-order valence-corrected chi connectivity index (χ3v) is 8.46. The van der Waals surface area contributed by atoms with Crippen molar-refractivity contribution in [3.05, 3.63) is 41.9 Å². The van der Waals surface area contributed by atoms with E-state index in [1.54, 1.807) is 24.5 Å². The van der Waals surface area contributed by atoms with Gasteiger partial charge in [-0.15, -0.1) is 0 Å². The van der Waals surface area contributed by atoms with Crippen molar-refractivity contribution in [2.24, 2.45) is 5.92 Å². The van der Waals surface area contributed by atoms with Crippen molar-refractivity contribution in [1.82, 2.24) is 14.3 Å². The summed E-state index contributed by atoms with van der Waals surface area (Å²) in [6.07, 6.45) is 6.89. The van der Waals surface area contributed by atoms with Crippen LogP contribution in [-0.4, -0.2) is 48.3 Å². The van der Waals surface area contributed by atoms with Gasteiger partial charge in [0.2, 0.25) is 21.8 Å². The first-order valence-corrected chi connectivity index (χ1v) is 12.3. The van der Waals surface area contributed by atoms with Gasteiger partial charge in [0.15, 0.2) is 0 Å². The lowest BCUT2D eigenvalue weighted by Gasteiger charge is -2.31. The standard InChI is InChI=1S/C22H26N4O4S/c27-21-11-17-10-18(4-5-19(17)25-21)31(28,29)26-8-6-15(7-9-26)13-30-22-12-20(23-14-24-22)16-2-1-3-16/h4-5,10,12,14-16H,1-3,6-9,11,13H2,(H,25,27). The second kappa shape index (κ2) is 8.20. The number of carbonyl (C=O) groups is 1. The normalized spacial score (nSPS) is 20.2. The molecule has 1 aromatic carbocycles. The van der Waals surface area contributed by atoms with Gasteiger partial charge in [0, 0.05) is 30.8 Å². The molecule has 1 saturated heterocycles. The summed E-state index contributed by atoms with van der Waals surface area (Å²) in [7, 11) is -3.57. The van der Waals surface area contributed by atoms with Gasteiger partial charge in [0.25, 0.3) is 0 Å². The Labute approximate surface area is 182 Å². The highest BCUT2D eigenvalue weighted by atomic mass is 32.2. The molecule has 9 heteroatoms. The van der Waals surface area contributed by atoms with Crippen LogP contribution >= 0.6 is 0 Å². The highest BCUT2D eigenvalue weighted by Gasteiger charge is 2.31. The molecule has 5 rings (SSSR count). The van der Waals surface area contributed by atoms with Crippen LogP contribution in [0.5, 0.6) is 5.88 Å². The number of fused-ring (bicyclic) bond motifs is 1. The van der Waals surface area contributed by atoms with E-state index in [1.807, 2.05) is 6.07 Å². The average molecular weight is 443 g/mol. The largest absolute Gasteiger partial charge is 0.477 e. The number of amides is 1. The molecule has 2 fully saturated rings. The molecule has 3 heterocycles. The van der Waals surface area contributed by atoms with Crippen molar-refractivity contribution >= 4 is 21.6 Å². The van der Waals surface area contributed by atoms with E-state index in [9.17, 15) is 13.2 Å². The van der Waals surface area contributed by atoms with E-state index in [0.717, 1.165) is 24.1 Å². The number of aromatic nitrogens is 2. The van der Waals surface area contributed by atoms with Crippen molar-refractivity contribution in [2.45, 2.75) is 49.3 Å². The molecule has 0 unspecified atom stereocenters.